The molecule has 0 saturated carbocycles. The summed E-state index contributed by atoms with van der Waals surface area (Å²) in [7, 11) is 0. The number of carbonyl (C=O) groups excluding carboxylic acids is 3. The van der Waals surface area contributed by atoms with Crippen molar-refractivity contribution in [2.75, 3.05) is 23.3 Å². The average molecular weight is 480 g/mol. The lowest BCUT2D eigenvalue weighted by molar-refractivity contribution is -0.120. The number of unbranched alkanes of at least 4 members (excludes halogenated alkanes) is 1. The first-order valence-corrected chi connectivity index (χ1v) is 12.3. The summed E-state index contributed by atoms with van der Waals surface area (Å²) in [6, 6.07) is 14.4. The molecule has 1 saturated heterocycles. The first-order chi connectivity index (χ1) is 16.4. The highest BCUT2D eigenvalue weighted by molar-refractivity contribution is 6.53. The van der Waals surface area contributed by atoms with Crippen molar-refractivity contribution >= 4 is 40.7 Å². The highest BCUT2D eigenvalue weighted by Crippen LogP contribution is 2.31. The fourth-order valence-corrected chi connectivity index (χ4v) is 4.68. The number of carbonyl (C=O) groups is 3. The maximum atomic E-state index is 13.1. The van der Waals surface area contributed by atoms with E-state index in [4.69, 9.17) is 11.6 Å². The van der Waals surface area contributed by atoms with Gasteiger partial charge in [-0.05, 0) is 67.5 Å². The molecule has 0 bridgehead atoms. The standard InChI is InChI=1S/C27H30ClN3O3/c1-3-4-8-19-11-13-22(14-12-19)31-26(33)23(28)24(27(31)34)29-21-10-5-9-20(16-21)25(32)30-15-6-7-18(2)17-30/h5,9-14,16,18,29H,3-4,6-8,15,17H2,1-2H3. The Bertz CT molecular complexity index is 1130. The fourth-order valence-electron chi connectivity index (χ4n) is 4.47. The number of anilines is 2. The number of benzene rings is 2. The van der Waals surface area contributed by atoms with E-state index in [2.05, 4.69) is 19.2 Å². The molecular formula is C27H30ClN3O3. The molecule has 1 unspecified atom stereocenters. The first-order valence-electron chi connectivity index (χ1n) is 11.9. The lowest BCUT2D eigenvalue weighted by atomic mass is 9.99. The predicted octanol–water partition coefficient (Wildman–Crippen LogP) is 5.34. The third-order valence-corrected chi connectivity index (χ3v) is 6.71. The summed E-state index contributed by atoms with van der Waals surface area (Å²) in [5, 5.41) is 2.82. The van der Waals surface area contributed by atoms with Crippen molar-refractivity contribution in [1.29, 1.82) is 0 Å². The van der Waals surface area contributed by atoms with Crippen LogP contribution < -0.4 is 10.2 Å². The number of halogens is 1. The third-order valence-electron chi connectivity index (χ3n) is 6.36. The first kappa shape index (κ1) is 24.0. The van der Waals surface area contributed by atoms with Crippen molar-refractivity contribution in [1.82, 2.24) is 4.90 Å². The minimum atomic E-state index is -0.565. The number of nitrogens with zero attached hydrogens (tertiary/aromatic N) is 2. The summed E-state index contributed by atoms with van der Waals surface area (Å²) in [4.78, 5) is 41.8. The number of hydrogen-bond donors (Lipinski definition) is 1. The SMILES string of the molecule is CCCCc1ccc(N2C(=O)C(Cl)=C(Nc3cccc(C(=O)N4CCCC(C)C4)c3)C2=O)cc1. The van der Waals surface area contributed by atoms with Crippen LogP contribution in [0.4, 0.5) is 11.4 Å². The van der Waals surface area contributed by atoms with Crippen LogP contribution in [0.25, 0.3) is 0 Å². The van der Waals surface area contributed by atoms with Crippen LogP contribution in [-0.2, 0) is 16.0 Å². The lowest BCUT2D eigenvalue weighted by Gasteiger charge is -2.31. The van der Waals surface area contributed by atoms with Gasteiger partial charge in [0.25, 0.3) is 17.7 Å². The summed E-state index contributed by atoms with van der Waals surface area (Å²) in [6.45, 7) is 5.78. The Balaban J connectivity index is 1.50. The molecule has 1 fully saturated rings. The van der Waals surface area contributed by atoms with E-state index in [1.165, 1.54) is 0 Å². The molecule has 0 aliphatic carbocycles. The van der Waals surface area contributed by atoms with Crippen LogP contribution >= 0.6 is 11.6 Å². The Morgan fingerprint density at radius 3 is 2.59 bits per heavy atom. The molecule has 2 aromatic rings. The molecule has 178 valence electrons. The molecule has 2 aromatic carbocycles. The van der Waals surface area contributed by atoms with Crippen molar-refractivity contribution in [2.24, 2.45) is 5.92 Å². The minimum absolute atomic E-state index is 0.0120. The molecule has 3 amide bonds. The van der Waals surface area contributed by atoms with Crippen molar-refractivity contribution in [3.63, 3.8) is 0 Å². The van der Waals surface area contributed by atoms with E-state index in [0.29, 0.717) is 22.9 Å². The molecule has 2 heterocycles. The fraction of sp³-hybridized carbons (Fsp3) is 0.370. The zero-order valence-corrected chi connectivity index (χ0v) is 20.4. The van der Waals surface area contributed by atoms with E-state index in [1.54, 1.807) is 36.4 Å². The van der Waals surface area contributed by atoms with Crippen LogP contribution in [0.1, 0.15) is 55.5 Å². The normalized spacial score (nSPS) is 18.6. The van der Waals surface area contributed by atoms with Gasteiger partial charge in [0.2, 0.25) is 0 Å². The topological polar surface area (TPSA) is 69.7 Å². The van der Waals surface area contributed by atoms with Gasteiger partial charge in [-0.25, -0.2) is 4.90 Å². The van der Waals surface area contributed by atoms with Gasteiger partial charge in [-0.2, -0.15) is 0 Å². The highest BCUT2D eigenvalue weighted by Gasteiger charge is 2.39. The van der Waals surface area contributed by atoms with Crippen LogP contribution in [0.3, 0.4) is 0 Å². The molecule has 0 spiro atoms. The van der Waals surface area contributed by atoms with Gasteiger partial charge in [0, 0.05) is 24.3 Å². The number of rotatable bonds is 7. The molecule has 1 N–H and O–H groups in total. The molecule has 0 radical (unpaired) electrons. The van der Waals surface area contributed by atoms with E-state index < -0.39 is 11.8 Å². The van der Waals surface area contributed by atoms with Crippen LogP contribution in [0.15, 0.2) is 59.3 Å². The van der Waals surface area contributed by atoms with Gasteiger partial charge < -0.3 is 10.2 Å². The zero-order chi connectivity index (χ0) is 24.2. The zero-order valence-electron chi connectivity index (χ0n) is 19.6. The number of imide groups is 1. The van der Waals surface area contributed by atoms with Gasteiger partial charge in [0.1, 0.15) is 10.7 Å². The maximum Gasteiger partial charge on any atom is 0.283 e. The van der Waals surface area contributed by atoms with Gasteiger partial charge in [0.15, 0.2) is 0 Å². The molecular weight excluding hydrogens is 450 g/mol. The monoisotopic (exact) mass is 479 g/mol. The Labute approximate surface area is 205 Å². The lowest BCUT2D eigenvalue weighted by Crippen LogP contribution is -2.39. The van der Waals surface area contributed by atoms with Gasteiger partial charge in [0.05, 0.1) is 5.69 Å². The quantitative estimate of drug-likeness (QED) is 0.544. The van der Waals surface area contributed by atoms with Gasteiger partial charge in [-0.15, -0.1) is 0 Å². The van der Waals surface area contributed by atoms with E-state index >= 15 is 0 Å². The smallest absolute Gasteiger partial charge is 0.283 e. The second-order valence-corrected chi connectivity index (χ2v) is 9.49. The van der Waals surface area contributed by atoms with Crippen molar-refractivity contribution < 1.29 is 14.4 Å². The Morgan fingerprint density at radius 2 is 1.88 bits per heavy atom. The van der Waals surface area contributed by atoms with Crippen LogP contribution in [0.2, 0.25) is 0 Å². The van der Waals surface area contributed by atoms with Gasteiger partial charge in [-0.3, -0.25) is 14.4 Å². The second-order valence-electron chi connectivity index (χ2n) is 9.11. The summed E-state index contributed by atoms with van der Waals surface area (Å²) < 4.78 is 0. The Hall–Kier alpha value is -3.12. The molecule has 2 aliphatic heterocycles. The molecule has 0 aromatic heterocycles. The van der Waals surface area contributed by atoms with Crippen molar-refractivity contribution in [3.8, 4) is 0 Å². The number of piperidine rings is 1. The minimum Gasteiger partial charge on any atom is -0.350 e. The van der Waals surface area contributed by atoms with Crippen LogP contribution in [-0.4, -0.2) is 35.7 Å². The van der Waals surface area contributed by atoms with E-state index in [1.807, 2.05) is 17.0 Å². The van der Waals surface area contributed by atoms with E-state index in [9.17, 15) is 14.4 Å². The maximum absolute atomic E-state index is 13.1. The van der Waals surface area contributed by atoms with Crippen molar-refractivity contribution in [3.05, 3.63) is 70.4 Å². The van der Waals surface area contributed by atoms with Gasteiger partial charge >= 0.3 is 0 Å². The van der Waals surface area contributed by atoms with Gasteiger partial charge in [-0.1, -0.05) is 50.1 Å². The summed E-state index contributed by atoms with van der Waals surface area (Å²) in [5.41, 5.74) is 2.71. The number of likely N-dealkylation sites (tertiary alicyclic amines) is 1. The third kappa shape index (κ3) is 5.02. The van der Waals surface area contributed by atoms with Crippen LogP contribution in [0.5, 0.6) is 0 Å². The molecule has 4 rings (SSSR count). The molecule has 1 atom stereocenters. The van der Waals surface area contributed by atoms with E-state index in [0.717, 1.165) is 55.7 Å². The average Bonchev–Trinajstić information content (AvgIpc) is 3.06. The predicted molar refractivity (Wildman–Crippen MR) is 135 cm³/mol. The molecule has 2 aliphatic rings. The summed E-state index contributed by atoms with van der Waals surface area (Å²) in [6.07, 6.45) is 5.27. The Kier molecular flexibility index (Phi) is 7.37. The Morgan fingerprint density at radius 1 is 1.12 bits per heavy atom. The van der Waals surface area contributed by atoms with E-state index in [-0.39, 0.29) is 16.6 Å². The summed E-state index contributed by atoms with van der Waals surface area (Å²) >= 11 is 6.29. The molecule has 7 heteroatoms. The van der Waals surface area contributed by atoms with Crippen LogP contribution in [0, 0.1) is 5.92 Å². The second kappa shape index (κ2) is 10.4. The number of aryl methyl sites for hydroxylation is 1. The highest BCUT2D eigenvalue weighted by atomic mass is 35.5. The summed E-state index contributed by atoms with van der Waals surface area (Å²) in [5.74, 6) is -0.631. The number of hydrogen-bond acceptors (Lipinski definition) is 4. The number of amides is 3. The van der Waals surface area contributed by atoms with Crippen molar-refractivity contribution in [2.45, 2.75) is 46.0 Å². The molecule has 34 heavy (non-hydrogen) atoms. The number of nitrogens with one attached hydrogen (secondary N) is 1. The molecule has 6 nitrogen and oxygen atoms in total. The largest absolute Gasteiger partial charge is 0.350 e.